The van der Waals surface area contributed by atoms with E-state index in [1.165, 1.54) is 0 Å². The first-order chi connectivity index (χ1) is 7.62. The van der Waals surface area contributed by atoms with Crippen LogP contribution in [0.3, 0.4) is 0 Å². The molecule has 6 heteroatoms. The molecule has 1 saturated carbocycles. The molecule has 1 heterocycles. The summed E-state index contributed by atoms with van der Waals surface area (Å²) in [6.07, 6.45) is 4.91. The lowest BCUT2D eigenvalue weighted by Gasteiger charge is -2.28. The minimum Gasteiger partial charge on any atom is -0.212 e. The zero-order valence-corrected chi connectivity index (χ0v) is 9.95. The van der Waals surface area contributed by atoms with Gasteiger partial charge in [-0.2, -0.15) is 0 Å². The predicted molar refractivity (Wildman–Crippen MR) is 59.2 cm³/mol. The van der Waals surface area contributed by atoms with Gasteiger partial charge in [0.1, 0.15) is 0 Å². The maximum atomic E-state index is 11.9. The van der Waals surface area contributed by atoms with E-state index in [0.717, 1.165) is 12.8 Å². The Labute approximate surface area is 95.6 Å². The second kappa shape index (κ2) is 4.65. The van der Waals surface area contributed by atoms with Crippen LogP contribution < -0.4 is 0 Å². The maximum absolute atomic E-state index is 11.9. The molecule has 1 aliphatic heterocycles. The van der Waals surface area contributed by atoms with Crippen molar-refractivity contribution in [2.24, 2.45) is 10.9 Å². The molecule has 0 aromatic heterocycles. The van der Waals surface area contributed by atoms with E-state index in [1.54, 1.807) is 10.4 Å². The molecule has 16 heavy (non-hydrogen) atoms. The molecular weight excluding hydrogens is 228 g/mol. The van der Waals surface area contributed by atoms with Gasteiger partial charge in [0.05, 0.1) is 11.8 Å². The summed E-state index contributed by atoms with van der Waals surface area (Å²) in [7, 11) is -3.07. The van der Waals surface area contributed by atoms with Crippen LogP contribution in [0.2, 0.25) is 0 Å². The Kier molecular flexibility index (Phi) is 3.42. The van der Waals surface area contributed by atoms with E-state index in [0.29, 0.717) is 37.6 Å². The van der Waals surface area contributed by atoms with Crippen molar-refractivity contribution in [1.82, 2.24) is 4.31 Å². The van der Waals surface area contributed by atoms with Gasteiger partial charge in [0.2, 0.25) is 16.1 Å². The van der Waals surface area contributed by atoms with Gasteiger partial charge in [-0.25, -0.2) is 22.5 Å². The zero-order valence-electron chi connectivity index (χ0n) is 9.13. The topological polar surface area (TPSA) is 66.8 Å². The van der Waals surface area contributed by atoms with E-state index in [4.69, 9.17) is 0 Å². The van der Waals surface area contributed by atoms with Crippen molar-refractivity contribution in [1.29, 1.82) is 0 Å². The molecule has 0 radical (unpaired) electrons. The fourth-order valence-electron chi connectivity index (χ4n) is 2.01. The summed E-state index contributed by atoms with van der Waals surface area (Å²) < 4.78 is 25.4. The molecule has 0 amide bonds. The van der Waals surface area contributed by atoms with E-state index < -0.39 is 10.0 Å². The largest absolute Gasteiger partial charge is 0.235 e. The van der Waals surface area contributed by atoms with Gasteiger partial charge in [-0.05, 0) is 31.6 Å². The van der Waals surface area contributed by atoms with Crippen LogP contribution in [0.1, 0.15) is 25.7 Å². The van der Waals surface area contributed by atoms with Crippen LogP contribution >= 0.6 is 0 Å². The molecule has 0 bridgehead atoms. The number of piperidine rings is 1. The normalized spacial score (nSPS) is 24.0. The van der Waals surface area contributed by atoms with Crippen molar-refractivity contribution in [3.63, 3.8) is 0 Å². The first-order valence-electron chi connectivity index (χ1n) is 5.66. The molecule has 1 saturated heterocycles. The van der Waals surface area contributed by atoms with Gasteiger partial charge >= 0.3 is 0 Å². The van der Waals surface area contributed by atoms with Crippen molar-refractivity contribution >= 4 is 16.1 Å². The first kappa shape index (κ1) is 11.8. The molecule has 5 nitrogen and oxygen atoms in total. The van der Waals surface area contributed by atoms with E-state index in [2.05, 4.69) is 4.99 Å². The molecule has 0 N–H and O–H groups in total. The summed E-state index contributed by atoms with van der Waals surface area (Å²) in [5.74, 6) is 0.685. The minimum absolute atomic E-state index is 0.0372. The van der Waals surface area contributed by atoms with Crippen molar-refractivity contribution < 1.29 is 13.2 Å². The number of carbonyl (C=O) groups excluding carboxylic acids is 1. The molecule has 2 rings (SSSR count). The zero-order chi connectivity index (χ0) is 11.6. The third-order valence-electron chi connectivity index (χ3n) is 3.20. The maximum Gasteiger partial charge on any atom is 0.235 e. The number of aliphatic imine (C=N–C) groups is 1. The van der Waals surface area contributed by atoms with E-state index >= 15 is 0 Å². The molecule has 0 spiro atoms. The average molecular weight is 244 g/mol. The highest BCUT2D eigenvalue weighted by atomic mass is 32.2. The van der Waals surface area contributed by atoms with Crippen LogP contribution in [0, 0.1) is 5.92 Å². The van der Waals surface area contributed by atoms with E-state index in [-0.39, 0.29) is 6.04 Å². The van der Waals surface area contributed by atoms with Crippen LogP contribution in [-0.4, -0.2) is 43.7 Å². The van der Waals surface area contributed by atoms with Crippen molar-refractivity contribution in [2.45, 2.75) is 31.7 Å². The SMILES string of the molecule is O=C=NC1CCN(S(=O)(=O)CC2CC2)CC1. The molecule has 2 fully saturated rings. The Morgan fingerprint density at radius 2 is 1.81 bits per heavy atom. The minimum atomic E-state index is -3.07. The second-order valence-electron chi connectivity index (χ2n) is 4.57. The fourth-order valence-corrected chi connectivity index (χ4v) is 3.92. The second-order valence-corrected chi connectivity index (χ2v) is 6.59. The molecule has 0 atom stereocenters. The Hall–Kier alpha value is -0.710. The lowest BCUT2D eigenvalue weighted by Crippen LogP contribution is -2.41. The molecular formula is C10H16N2O3S. The van der Waals surface area contributed by atoms with Crippen molar-refractivity contribution in [3.8, 4) is 0 Å². The number of nitrogens with zero attached hydrogens (tertiary/aromatic N) is 2. The van der Waals surface area contributed by atoms with Crippen LogP contribution in [0.4, 0.5) is 0 Å². The van der Waals surface area contributed by atoms with Crippen molar-refractivity contribution in [2.75, 3.05) is 18.8 Å². The number of hydrogen-bond donors (Lipinski definition) is 0. The third kappa shape index (κ3) is 2.90. The third-order valence-corrected chi connectivity index (χ3v) is 5.24. The monoisotopic (exact) mass is 244 g/mol. The quantitative estimate of drug-likeness (QED) is 0.535. The van der Waals surface area contributed by atoms with Gasteiger partial charge < -0.3 is 0 Å². The lowest BCUT2D eigenvalue weighted by atomic mass is 10.1. The summed E-state index contributed by atoms with van der Waals surface area (Å²) in [5, 5.41) is 0. The van der Waals surface area contributed by atoms with Crippen LogP contribution in [-0.2, 0) is 14.8 Å². The Morgan fingerprint density at radius 3 is 2.31 bits per heavy atom. The van der Waals surface area contributed by atoms with Crippen LogP contribution in [0.15, 0.2) is 4.99 Å². The molecule has 2 aliphatic rings. The average Bonchev–Trinajstić information content (AvgIpc) is 3.02. The van der Waals surface area contributed by atoms with Gasteiger partial charge in [0, 0.05) is 13.1 Å². The summed E-state index contributed by atoms with van der Waals surface area (Å²) >= 11 is 0. The Balaban J connectivity index is 1.89. The van der Waals surface area contributed by atoms with Gasteiger partial charge in [0.15, 0.2) is 0 Å². The molecule has 0 aromatic rings. The Bertz CT molecular complexity index is 388. The van der Waals surface area contributed by atoms with Gasteiger partial charge in [-0.3, -0.25) is 0 Å². The number of hydrogen-bond acceptors (Lipinski definition) is 4. The molecule has 90 valence electrons. The predicted octanol–water partition coefficient (Wildman–Crippen LogP) is 0.526. The van der Waals surface area contributed by atoms with Gasteiger partial charge in [0.25, 0.3) is 0 Å². The standard InChI is InChI=1S/C10H16N2O3S/c13-8-11-10-3-5-12(6-4-10)16(14,15)7-9-1-2-9/h9-10H,1-7H2. The lowest BCUT2D eigenvalue weighted by molar-refractivity contribution is 0.320. The van der Waals surface area contributed by atoms with E-state index in [1.807, 2.05) is 0 Å². The smallest absolute Gasteiger partial charge is 0.212 e. The highest BCUT2D eigenvalue weighted by Gasteiger charge is 2.33. The summed E-state index contributed by atoms with van der Waals surface area (Å²) in [6.45, 7) is 0.982. The highest BCUT2D eigenvalue weighted by molar-refractivity contribution is 7.89. The molecule has 0 aromatic carbocycles. The van der Waals surface area contributed by atoms with Crippen LogP contribution in [0.25, 0.3) is 0 Å². The number of sulfonamides is 1. The molecule has 1 aliphatic carbocycles. The number of rotatable bonds is 4. The fraction of sp³-hybridized carbons (Fsp3) is 0.900. The van der Waals surface area contributed by atoms with Gasteiger partial charge in [-0.1, -0.05) is 0 Å². The summed E-state index contributed by atoms with van der Waals surface area (Å²) in [6, 6.07) is -0.0372. The van der Waals surface area contributed by atoms with Gasteiger partial charge in [-0.15, -0.1) is 0 Å². The summed E-state index contributed by atoms with van der Waals surface area (Å²) in [5.41, 5.74) is 0. The first-order valence-corrected chi connectivity index (χ1v) is 7.27. The Morgan fingerprint density at radius 1 is 1.19 bits per heavy atom. The highest BCUT2D eigenvalue weighted by Crippen LogP contribution is 2.31. The van der Waals surface area contributed by atoms with E-state index in [9.17, 15) is 13.2 Å². The van der Waals surface area contributed by atoms with Crippen LogP contribution in [0.5, 0.6) is 0 Å². The number of isocyanates is 1. The molecule has 0 unspecified atom stereocenters. The van der Waals surface area contributed by atoms with Crippen molar-refractivity contribution in [3.05, 3.63) is 0 Å². The summed E-state index contributed by atoms with van der Waals surface area (Å²) in [4.78, 5) is 13.7.